The number of hydrogen-bond donors (Lipinski definition) is 4. The molecule has 0 bridgehead atoms. The van der Waals surface area contributed by atoms with Crippen molar-refractivity contribution in [1.29, 1.82) is 0 Å². The van der Waals surface area contributed by atoms with Crippen LogP contribution in [0.2, 0.25) is 0 Å². The Morgan fingerprint density at radius 3 is 1.71 bits per heavy atom. The summed E-state index contributed by atoms with van der Waals surface area (Å²) in [6.07, 6.45) is 4.39. The molecule has 0 saturated carbocycles. The van der Waals surface area contributed by atoms with Crippen LogP contribution in [0.3, 0.4) is 0 Å². The number of allylic oxidation sites excluding steroid dienone is 3. The molecule has 8 heteroatoms. The zero-order chi connectivity index (χ0) is 36.7. The molecule has 1 atom stereocenters. The number of carboxylic acids is 1. The van der Waals surface area contributed by atoms with E-state index in [-0.39, 0.29) is 0 Å². The maximum Gasteiger partial charge on any atom is 0.379 e. The van der Waals surface area contributed by atoms with Crippen LogP contribution < -0.4 is 16.8 Å². The van der Waals surface area contributed by atoms with Gasteiger partial charge in [0.15, 0.2) is 0 Å². The summed E-state index contributed by atoms with van der Waals surface area (Å²) in [4.78, 5) is 10.4. The van der Waals surface area contributed by atoms with Crippen molar-refractivity contribution >= 4 is 17.4 Å². The highest BCUT2D eigenvalue weighted by atomic mass is 19.4. The lowest BCUT2D eigenvalue weighted by molar-refractivity contribution is -0.139. The largest absolute Gasteiger partial charge is 0.481 e. The number of alkyl halides is 3. The fourth-order valence-electron chi connectivity index (χ4n) is 2.94. The molecule has 0 amide bonds. The summed E-state index contributed by atoms with van der Waals surface area (Å²) in [5.74, 6) is -0.849. The predicted molar refractivity (Wildman–Crippen MR) is 193 cm³/mol. The van der Waals surface area contributed by atoms with E-state index < -0.39 is 18.6 Å². The van der Waals surface area contributed by atoms with Crippen molar-refractivity contribution in [1.82, 2.24) is 5.32 Å². The van der Waals surface area contributed by atoms with Crippen LogP contribution in [-0.4, -0.2) is 24.8 Å². The monoisotopic (exact) mass is 639 g/mol. The minimum atomic E-state index is -3.67. The Bertz CT molecular complexity index is 1060. The third kappa shape index (κ3) is 28.8. The first kappa shape index (κ1) is 50.9. The van der Waals surface area contributed by atoms with Gasteiger partial charge in [0.2, 0.25) is 0 Å². The van der Waals surface area contributed by atoms with Gasteiger partial charge in [0.25, 0.3) is 0 Å². The van der Waals surface area contributed by atoms with E-state index >= 15 is 0 Å². The summed E-state index contributed by atoms with van der Waals surface area (Å²) in [7, 11) is 1.86. The molecule has 2 aromatic rings. The van der Waals surface area contributed by atoms with Gasteiger partial charge < -0.3 is 21.9 Å². The minimum absolute atomic E-state index is 0.378. The lowest BCUT2D eigenvalue weighted by Gasteiger charge is -2.13. The number of hydrogen-bond acceptors (Lipinski definition) is 4. The summed E-state index contributed by atoms with van der Waals surface area (Å²) < 4.78 is 29.0. The molecule has 0 heterocycles. The highest BCUT2D eigenvalue weighted by Gasteiger charge is 2.12. The number of carboxylic acid groups (broad SMARTS) is 1. The molecule has 2 rings (SSSR count). The van der Waals surface area contributed by atoms with Gasteiger partial charge in [-0.1, -0.05) is 123 Å². The highest BCUT2D eigenvalue weighted by Crippen LogP contribution is 2.24. The van der Waals surface area contributed by atoms with Crippen LogP contribution in [0, 0.1) is 12.8 Å². The Morgan fingerprint density at radius 1 is 0.956 bits per heavy atom. The highest BCUT2D eigenvalue weighted by molar-refractivity contribution is 5.75. The molecule has 5 nitrogen and oxygen atoms in total. The average Bonchev–Trinajstić information content (AvgIpc) is 3.03. The molecule has 1 unspecified atom stereocenters. The molecule has 0 radical (unpaired) electrons. The SMILES string of the molecule is C=C(NC)c1cc(C)cc(CC)c1N.CC.CC.CC.CC(C)=C/C=C(/N)C(C)C(=O)O.CC(C)c1ccccc1.FC(F)F. The van der Waals surface area contributed by atoms with E-state index in [4.69, 9.17) is 16.6 Å². The quantitative estimate of drug-likeness (QED) is 0.178. The van der Waals surface area contributed by atoms with Gasteiger partial charge in [-0.15, -0.1) is 0 Å². The maximum atomic E-state index is 10.4. The maximum absolute atomic E-state index is 10.4. The van der Waals surface area contributed by atoms with Crippen LogP contribution in [0.1, 0.15) is 111 Å². The number of aliphatic carboxylic acids is 1. The molecule has 0 aliphatic rings. The second kappa shape index (κ2) is 33.2. The molecule has 0 spiro atoms. The van der Waals surface area contributed by atoms with Gasteiger partial charge in [-0.2, -0.15) is 13.2 Å². The van der Waals surface area contributed by atoms with E-state index in [0.29, 0.717) is 11.6 Å². The Balaban J connectivity index is -0.000000157. The van der Waals surface area contributed by atoms with Gasteiger partial charge >= 0.3 is 12.6 Å². The molecular formula is C37H64F3N3O2. The van der Waals surface area contributed by atoms with Crippen LogP contribution in [0.15, 0.2) is 72.5 Å². The number of nitrogens with one attached hydrogen (secondary N) is 1. The van der Waals surface area contributed by atoms with Crippen LogP contribution in [-0.2, 0) is 11.2 Å². The molecule has 260 valence electrons. The standard InChI is InChI=1S/C12H18N2.C9H15NO2.C9H12.3C2H6.CHF3/c1-5-10-6-8(2)7-11(12(10)13)9(3)14-4;1-6(2)4-5-8(10)7(3)9(11)12;1-8(2)9-6-4-3-5-7-9;3*1-2;2-1(3)4/h6-7,14H,3,5,13H2,1-2,4H3;4-5,7H,10H2,1-3H3,(H,11,12);3-8H,1-2H3;3*1-2H3;1H/b;8-5+;;;;;. The molecule has 0 saturated heterocycles. The second-order valence-electron chi connectivity index (χ2n) is 9.25. The second-order valence-corrected chi connectivity index (χ2v) is 9.25. The number of anilines is 1. The first-order valence-corrected chi connectivity index (χ1v) is 15.6. The van der Waals surface area contributed by atoms with Gasteiger partial charge in [0.05, 0.1) is 5.92 Å². The van der Waals surface area contributed by atoms with Gasteiger partial charge in [0.1, 0.15) is 0 Å². The van der Waals surface area contributed by atoms with Crippen LogP contribution in [0.4, 0.5) is 18.9 Å². The van der Waals surface area contributed by atoms with Gasteiger partial charge in [-0.05, 0) is 63.3 Å². The van der Waals surface area contributed by atoms with E-state index in [9.17, 15) is 18.0 Å². The van der Waals surface area contributed by atoms with Gasteiger partial charge in [0, 0.05) is 29.7 Å². The van der Waals surface area contributed by atoms with Crippen molar-refractivity contribution in [2.24, 2.45) is 11.7 Å². The molecule has 0 aliphatic heterocycles. The smallest absolute Gasteiger partial charge is 0.379 e. The number of halogens is 3. The average molecular weight is 640 g/mol. The lowest BCUT2D eigenvalue weighted by Crippen LogP contribution is -2.17. The molecular weight excluding hydrogens is 575 g/mol. The predicted octanol–water partition coefficient (Wildman–Crippen LogP) is 10.9. The Hall–Kier alpha value is -3.68. The van der Waals surface area contributed by atoms with E-state index in [1.54, 1.807) is 19.1 Å². The normalized spacial score (nSPS) is 9.98. The van der Waals surface area contributed by atoms with E-state index in [1.165, 1.54) is 16.7 Å². The van der Waals surface area contributed by atoms with Crippen molar-refractivity contribution in [3.05, 3.63) is 94.7 Å². The zero-order valence-corrected chi connectivity index (χ0v) is 30.5. The zero-order valence-electron chi connectivity index (χ0n) is 30.5. The first-order chi connectivity index (χ1) is 21.1. The van der Waals surface area contributed by atoms with Crippen LogP contribution in [0.5, 0.6) is 0 Å². The van der Waals surface area contributed by atoms with Crippen LogP contribution in [0.25, 0.3) is 5.70 Å². The van der Waals surface area contributed by atoms with Crippen molar-refractivity contribution < 1.29 is 23.1 Å². The molecule has 2 aromatic carbocycles. The molecule has 6 N–H and O–H groups in total. The summed E-state index contributed by atoms with van der Waals surface area (Å²) in [6.45, 7) is 26.3. The number of nitrogens with two attached hydrogens (primary N) is 2. The number of benzene rings is 2. The number of rotatable bonds is 7. The Morgan fingerprint density at radius 2 is 1.40 bits per heavy atom. The molecule has 0 fully saturated rings. The van der Waals surface area contributed by atoms with Crippen molar-refractivity contribution in [2.75, 3.05) is 12.8 Å². The Kier molecular flexibility index (Phi) is 37.6. The topological polar surface area (TPSA) is 101 Å². The third-order valence-electron chi connectivity index (χ3n) is 5.36. The van der Waals surface area contributed by atoms with E-state index in [2.05, 4.69) is 76.0 Å². The van der Waals surface area contributed by atoms with Crippen LogP contribution >= 0.6 is 0 Å². The van der Waals surface area contributed by atoms with E-state index in [1.807, 2.05) is 68.5 Å². The molecule has 0 aliphatic carbocycles. The molecule has 0 aromatic heterocycles. The summed E-state index contributed by atoms with van der Waals surface area (Å²) >= 11 is 0. The van der Waals surface area contributed by atoms with Gasteiger partial charge in [-0.3, -0.25) is 4.79 Å². The first-order valence-electron chi connectivity index (χ1n) is 15.6. The summed E-state index contributed by atoms with van der Waals surface area (Å²) in [6, 6.07) is 14.7. The summed E-state index contributed by atoms with van der Waals surface area (Å²) in [5.41, 5.74) is 19.6. The molecule has 45 heavy (non-hydrogen) atoms. The number of nitrogen functional groups attached to an aromatic ring is 1. The van der Waals surface area contributed by atoms with Crippen molar-refractivity contribution in [3.63, 3.8) is 0 Å². The fraction of sp³-hybridized carbons (Fsp3) is 0.486. The van der Waals surface area contributed by atoms with Crippen molar-refractivity contribution in [3.8, 4) is 0 Å². The number of carbonyl (C=O) groups is 1. The van der Waals surface area contributed by atoms with Gasteiger partial charge in [-0.25, -0.2) is 0 Å². The lowest BCUT2D eigenvalue weighted by atomic mass is 10.00. The Labute approximate surface area is 273 Å². The minimum Gasteiger partial charge on any atom is -0.481 e. The summed E-state index contributed by atoms with van der Waals surface area (Å²) in [5, 5.41) is 11.6. The van der Waals surface area contributed by atoms with E-state index in [0.717, 1.165) is 28.9 Å². The third-order valence-corrected chi connectivity index (χ3v) is 5.36. The number of aryl methyl sites for hydroxylation is 2. The fourth-order valence-corrected chi connectivity index (χ4v) is 2.94. The van der Waals surface area contributed by atoms with Crippen molar-refractivity contribution in [2.45, 2.75) is 109 Å².